The molecule has 0 radical (unpaired) electrons. The van der Waals surface area contributed by atoms with Crippen molar-refractivity contribution in [2.75, 3.05) is 25.0 Å². The number of hydrogen-bond donors (Lipinski definition) is 1. The van der Waals surface area contributed by atoms with E-state index in [0.717, 1.165) is 29.7 Å². The number of urea groups is 1. The zero-order valence-corrected chi connectivity index (χ0v) is 20.2. The van der Waals surface area contributed by atoms with E-state index in [9.17, 15) is 14.4 Å². The summed E-state index contributed by atoms with van der Waals surface area (Å²) in [7, 11) is 0. The van der Waals surface area contributed by atoms with Gasteiger partial charge in [-0.25, -0.2) is 4.79 Å². The third kappa shape index (κ3) is 4.73. The number of anilines is 1. The van der Waals surface area contributed by atoms with Gasteiger partial charge in [0.05, 0.1) is 11.8 Å². The molecule has 0 aromatic heterocycles. The van der Waals surface area contributed by atoms with Crippen molar-refractivity contribution in [3.8, 4) is 12.3 Å². The predicted molar refractivity (Wildman–Crippen MR) is 138 cm³/mol. The smallest absolute Gasteiger partial charge is 0.322 e. The molecule has 2 atom stereocenters. The van der Waals surface area contributed by atoms with E-state index in [1.54, 1.807) is 4.90 Å². The van der Waals surface area contributed by atoms with Crippen molar-refractivity contribution in [3.05, 3.63) is 65.7 Å². The van der Waals surface area contributed by atoms with E-state index in [-0.39, 0.29) is 43.7 Å². The molecule has 2 aromatic carbocycles. The second-order valence-electron chi connectivity index (χ2n) is 9.09. The van der Waals surface area contributed by atoms with Crippen LogP contribution in [-0.2, 0) is 16.1 Å². The Morgan fingerprint density at radius 3 is 2.54 bits per heavy atom. The molecular formula is C27H30N4O3S. The van der Waals surface area contributed by atoms with Gasteiger partial charge < -0.3 is 20.0 Å². The van der Waals surface area contributed by atoms with Gasteiger partial charge in [-0.05, 0) is 30.0 Å². The number of amides is 4. The van der Waals surface area contributed by atoms with Crippen LogP contribution in [0.3, 0.4) is 0 Å². The molecule has 4 amide bonds. The van der Waals surface area contributed by atoms with E-state index in [2.05, 4.69) is 11.2 Å². The normalized spacial score (nSPS) is 22.5. The van der Waals surface area contributed by atoms with E-state index >= 15 is 0 Å². The van der Waals surface area contributed by atoms with Crippen LogP contribution in [0, 0.1) is 12.3 Å². The fourth-order valence-electron chi connectivity index (χ4n) is 5.09. The minimum absolute atomic E-state index is 0. The lowest BCUT2D eigenvalue weighted by atomic mass is 10.0. The lowest BCUT2D eigenvalue weighted by Crippen LogP contribution is -2.51. The van der Waals surface area contributed by atoms with Gasteiger partial charge in [-0.2, -0.15) is 0 Å². The fourth-order valence-corrected chi connectivity index (χ4v) is 6.53. The number of likely N-dealkylation sites (tertiary alicyclic amines) is 1. The molecule has 35 heavy (non-hydrogen) atoms. The molecule has 3 aliphatic heterocycles. The maximum Gasteiger partial charge on any atom is 0.322 e. The minimum atomic E-state index is -0.442. The van der Waals surface area contributed by atoms with Gasteiger partial charge in [-0.15, -0.1) is 18.2 Å². The molecule has 1 N–H and O–H groups in total. The first-order valence-electron chi connectivity index (χ1n) is 11.9. The van der Waals surface area contributed by atoms with Crippen molar-refractivity contribution < 1.29 is 15.8 Å². The van der Waals surface area contributed by atoms with E-state index in [4.69, 9.17) is 6.42 Å². The molecule has 182 valence electrons. The Labute approximate surface area is 211 Å². The molecule has 2 unspecified atom stereocenters. The van der Waals surface area contributed by atoms with Gasteiger partial charge in [0, 0.05) is 39.2 Å². The van der Waals surface area contributed by atoms with E-state index in [1.807, 2.05) is 64.4 Å². The Morgan fingerprint density at radius 2 is 1.80 bits per heavy atom. The summed E-state index contributed by atoms with van der Waals surface area (Å²) in [5.74, 6) is 2.49. The second-order valence-corrected chi connectivity index (χ2v) is 10.4. The molecule has 3 aliphatic rings. The third-order valence-corrected chi connectivity index (χ3v) is 8.44. The van der Waals surface area contributed by atoms with Crippen molar-refractivity contribution in [2.45, 2.75) is 42.5 Å². The summed E-state index contributed by atoms with van der Waals surface area (Å²) < 4.78 is 0. The number of benzene rings is 2. The second kappa shape index (κ2) is 10.0. The van der Waals surface area contributed by atoms with Crippen LogP contribution in [0.4, 0.5) is 10.5 Å². The Hall–Kier alpha value is -3.44. The number of nitrogens with one attached hydrogen (secondary N) is 1. The molecule has 2 saturated heterocycles. The summed E-state index contributed by atoms with van der Waals surface area (Å²) in [6.07, 6.45) is 7.14. The predicted octanol–water partition coefficient (Wildman–Crippen LogP) is 3.94. The summed E-state index contributed by atoms with van der Waals surface area (Å²) in [6, 6.07) is 17.6. The summed E-state index contributed by atoms with van der Waals surface area (Å²) in [6.45, 7) is 1.97. The molecule has 0 bridgehead atoms. The lowest BCUT2D eigenvalue weighted by Gasteiger charge is -2.40. The molecule has 3 heterocycles. The fraction of sp³-hybridized carbons (Fsp3) is 0.370. The molecule has 0 spiro atoms. The monoisotopic (exact) mass is 490 g/mol. The van der Waals surface area contributed by atoms with Crippen LogP contribution in [0.25, 0.3) is 0 Å². The number of carbonyl (C=O) groups is 3. The van der Waals surface area contributed by atoms with Gasteiger partial charge in [-0.3, -0.25) is 9.59 Å². The van der Waals surface area contributed by atoms with Gasteiger partial charge >= 0.3 is 6.03 Å². The lowest BCUT2D eigenvalue weighted by molar-refractivity contribution is -0.136. The maximum absolute atomic E-state index is 13.1. The Bertz CT molecular complexity index is 1160. The Morgan fingerprint density at radius 1 is 1.09 bits per heavy atom. The van der Waals surface area contributed by atoms with Crippen molar-refractivity contribution in [3.63, 3.8) is 0 Å². The summed E-state index contributed by atoms with van der Waals surface area (Å²) in [4.78, 5) is 44.3. The number of carbonyl (C=O) groups excluding carboxylic acids is 3. The Kier molecular flexibility index (Phi) is 6.69. The van der Waals surface area contributed by atoms with Crippen molar-refractivity contribution in [2.24, 2.45) is 0 Å². The van der Waals surface area contributed by atoms with Gasteiger partial charge in [-0.1, -0.05) is 54.5 Å². The van der Waals surface area contributed by atoms with Crippen molar-refractivity contribution >= 4 is 35.3 Å². The number of hydrogen-bond acceptors (Lipinski definition) is 4. The first kappa shape index (κ1) is 23.3. The number of rotatable bonds is 5. The molecule has 8 heteroatoms. The van der Waals surface area contributed by atoms with Crippen LogP contribution in [0.15, 0.2) is 54.6 Å². The molecule has 2 fully saturated rings. The molecular weight excluding hydrogens is 460 g/mol. The van der Waals surface area contributed by atoms with Gasteiger partial charge in [0.15, 0.2) is 0 Å². The van der Waals surface area contributed by atoms with Crippen molar-refractivity contribution in [1.82, 2.24) is 14.7 Å². The zero-order chi connectivity index (χ0) is 24.4. The number of para-hydroxylation sites is 1. The largest absolute Gasteiger partial charge is 0.342 e. The van der Waals surface area contributed by atoms with Crippen LogP contribution >= 0.6 is 11.8 Å². The van der Waals surface area contributed by atoms with E-state index in [1.165, 1.54) is 11.8 Å². The summed E-state index contributed by atoms with van der Waals surface area (Å²) in [5.41, 5.74) is 2.98. The van der Waals surface area contributed by atoms with Gasteiger partial charge in [0.25, 0.3) is 0 Å². The molecule has 2 aromatic rings. The first-order chi connectivity index (χ1) is 17.0. The van der Waals surface area contributed by atoms with Crippen LogP contribution in [0.1, 0.15) is 37.2 Å². The summed E-state index contributed by atoms with van der Waals surface area (Å²) in [5, 5.41) is 2.36. The van der Waals surface area contributed by atoms with Crippen LogP contribution in [0.5, 0.6) is 0 Å². The SMILES string of the molecule is C#CCN1C(=O)C(CC(=O)N2CCC(N3Cc4ccccc4NC3=O)CC2)SC1c1ccccc1.[HH]. The van der Waals surface area contributed by atoms with Gasteiger partial charge in [0.2, 0.25) is 11.8 Å². The number of terminal acetylenes is 1. The van der Waals surface area contributed by atoms with Crippen molar-refractivity contribution in [1.29, 1.82) is 0 Å². The average Bonchev–Trinajstić information content (AvgIpc) is 3.19. The topological polar surface area (TPSA) is 73.0 Å². The third-order valence-electron chi connectivity index (χ3n) is 6.96. The van der Waals surface area contributed by atoms with Gasteiger partial charge in [0.1, 0.15) is 5.37 Å². The number of nitrogens with zero attached hydrogens (tertiary/aromatic N) is 3. The average molecular weight is 491 g/mol. The number of piperidine rings is 1. The Balaban J connectivity index is 0.00000304. The minimum Gasteiger partial charge on any atom is -0.342 e. The first-order valence-corrected chi connectivity index (χ1v) is 12.9. The molecule has 0 aliphatic carbocycles. The van der Waals surface area contributed by atoms with Crippen LogP contribution in [0.2, 0.25) is 0 Å². The maximum atomic E-state index is 13.1. The highest BCUT2D eigenvalue weighted by atomic mass is 32.2. The molecule has 7 nitrogen and oxygen atoms in total. The molecule has 5 rings (SSSR count). The summed E-state index contributed by atoms with van der Waals surface area (Å²) >= 11 is 1.50. The highest BCUT2D eigenvalue weighted by molar-refractivity contribution is 8.01. The number of thioether (sulfide) groups is 1. The zero-order valence-electron chi connectivity index (χ0n) is 19.4. The highest BCUT2D eigenvalue weighted by Gasteiger charge is 2.42. The van der Waals surface area contributed by atoms with E-state index in [0.29, 0.717) is 19.6 Å². The molecule has 0 saturated carbocycles. The standard InChI is InChI=1S/C27H28N4O3S.H2/c1-2-14-30-25(33)23(35-26(30)19-8-4-3-5-9-19)17-24(32)29-15-12-21(13-16-29)31-18-20-10-6-7-11-22(20)28-27(31)34;/h1,3-11,21,23,26H,12-18H2,(H,28,34);1H. The highest BCUT2D eigenvalue weighted by Crippen LogP contribution is 2.44. The van der Waals surface area contributed by atoms with E-state index < -0.39 is 5.25 Å². The van der Waals surface area contributed by atoms with Crippen LogP contribution in [-0.4, -0.2) is 63.5 Å². The van der Waals surface area contributed by atoms with Crippen LogP contribution < -0.4 is 5.32 Å². The quantitative estimate of drug-likeness (QED) is 0.645. The number of fused-ring (bicyclic) bond motifs is 1.